The van der Waals surface area contributed by atoms with Crippen molar-refractivity contribution in [3.8, 4) is 0 Å². The van der Waals surface area contributed by atoms with Crippen molar-refractivity contribution < 1.29 is 9.90 Å². The monoisotopic (exact) mass is 175 g/mol. The van der Waals surface area contributed by atoms with Crippen molar-refractivity contribution >= 4 is 17.0 Å². The first kappa shape index (κ1) is 8.87. The van der Waals surface area contributed by atoms with Crippen LogP contribution in [0.3, 0.4) is 0 Å². The predicted octanol–water partition coefficient (Wildman–Crippen LogP) is 1.27. The summed E-state index contributed by atoms with van der Waals surface area (Å²) in [5.74, 6) is 0. The Hall–Kier alpha value is -0.220. The Kier molecular flexibility index (Phi) is 2.44. The van der Waals surface area contributed by atoms with Gasteiger partial charge in [0, 0.05) is 11.3 Å². The molecule has 0 radical (unpaired) electrons. The zero-order chi connectivity index (χ0) is 8.59. The number of carbonyl (C=O) groups is 1. The molecule has 0 bridgehead atoms. The number of hydrogen-bond donors (Lipinski definition) is 1. The molecule has 0 aromatic rings. The zero-order valence-electron chi connectivity index (χ0n) is 6.94. The third-order valence-corrected chi connectivity index (χ3v) is 3.20. The molecule has 0 saturated carbocycles. The minimum atomic E-state index is -0.657. The van der Waals surface area contributed by atoms with Gasteiger partial charge in [0.05, 0.1) is 0 Å². The Balaban J connectivity index is 2.71. The first-order valence-electron chi connectivity index (χ1n) is 3.71. The van der Waals surface area contributed by atoms with Gasteiger partial charge in [-0.25, -0.2) is 0 Å². The average Bonchev–Trinajstić information content (AvgIpc) is 2.07. The molecule has 4 heteroatoms. The molecule has 0 aromatic heterocycles. The number of hydrogen-bond acceptors (Lipinski definition) is 3. The van der Waals surface area contributed by atoms with Crippen molar-refractivity contribution in [2.45, 2.75) is 38.3 Å². The maximum Gasteiger partial charge on any atom is 0.284 e. The summed E-state index contributed by atoms with van der Waals surface area (Å²) < 4.78 is 0. The molecule has 3 nitrogen and oxygen atoms in total. The summed E-state index contributed by atoms with van der Waals surface area (Å²) in [4.78, 5) is 12.7. The van der Waals surface area contributed by atoms with Gasteiger partial charge < -0.3 is 10.0 Å². The lowest BCUT2D eigenvalue weighted by atomic mass is 10.2. The van der Waals surface area contributed by atoms with Crippen LogP contribution in [0.1, 0.15) is 20.8 Å². The summed E-state index contributed by atoms with van der Waals surface area (Å²) in [5.41, 5.74) is 0. The lowest BCUT2D eigenvalue weighted by Crippen LogP contribution is -2.40. The molecule has 1 saturated heterocycles. The molecule has 1 fully saturated rings. The normalized spacial score (nSPS) is 34.5. The van der Waals surface area contributed by atoms with E-state index in [4.69, 9.17) is 0 Å². The predicted molar refractivity (Wildman–Crippen MR) is 45.4 cm³/mol. The van der Waals surface area contributed by atoms with Crippen molar-refractivity contribution in [2.75, 3.05) is 0 Å². The van der Waals surface area contributed by atoms with Gasteiger partial charge in [0.2, 0.25) is 0 Å². The quantitative estimate of drug-likeness (QED) is 0.652. The maximum atomic E-state index is 11.2. The number of nitrogens with zero attached hydrogens (tertiary/aromatic N) is 1. The van der Waals surface area contributed by atoms with E-state index >= 15 is 0 Å². The highest BCUT2D eigenvalue weighted by Crippen LogP contribution is 2.31. The Morgan fingerprint density at radius 3 is 2.36 bits per heavy atom. The zero-order valence-corrected chi connectivity index (χ0v) is 7.76. The largest absolute Gasteiger partial charge is 0.374 e. The summed E-state index contributed by atoms with van der Waals surface area (Å²) in [5, 5.41) is 9.48. The maximum absolute atomic E-state index is 11.2. The topological polar surface area (TPSA) is 40.5 Å². The highest BCUT2D eigenvalue weighted by molar-refractivity contribution is 8.14. The van der Waals surface area contributed by atoms with Crippen LogP contribution < -0.4 is 0 Å². The first-order chi connectivity index (χ1) is 5.04. The van der Waals surface area contributed by atoms with Gasteiger partial charge in [0.15, 0.2) is 0 Å². The van der Waals surface area contributed by atoms with Gasteiger partial charge in [0.1, 0.15) is 6.23 Å². The van der Waals surface area contributed by atoms with Gasteiger partial charge in [0.25, 0.3) is 5.24 Å². The van der Waals surface area contributed by atoms with Gasteiger partial charge in [-0.15, -0.1) is 0 Å². The summed E-state index contributed by atoms with van der Waals surface area (Å²) in [7, 11) is 0. The van der Waals surface area contributed by atoms with Crippen LogP contribution in [0.2, 0.25) is 0 Å². The van der Waals surface area contributed by atoms with E-state index in [1.165, 1.54) is 16.7 Å². The van der Waals surface area contributed by atoms with E-state index in [1.807, 2.05) is 13.8 Å². The third-order valence-electron chi connectivity index (χ3n) is 2.02. The highest BCUT2D eigenvalue weighted by Gasteiger charge is 2.36. The van der Waals surface area contributed by atoms with E-state index in [0.29, 0.717) is 0 Å². The van der Waals surface area contributed by atoms with E-state index in [0.717, 1.165) is 0 Å². The van der Waals surface area contributed by atoms with Gasteiger partial charge >= 0.3 is 0 Å². The number of aliphatic hydroxyl groups is 1. The molecule has 3 unspecified atom stereocenters. The van der Waals surface area contributed by atoms with E-state index in [2.05, 4.69) is 0 Å². The van der Waals surface area contributed by atoms with E-state index < -0.39 is 6.23 Å². The van der Waals surface area contributed by atoms with Gasteiger partial charge in [-0.3, -0.25) is 4.79 Å². The molecule has 1 N–H and O–H groups in total. The van der Waals surface area contributed by atoms with Crippen LogP contribution in [-0.4, -0.2) is 32.8 Å². The SMILES string of the molecule is CC1SC(=O)N(C(C)O)C1C. The molecule has 0 aliphatic carbocycles. The Morgan fingerprint density at radius 1 is 1.64 bits per heavy atom. The van der Waals surface area contributed by atoms with Crippen molar-refractivity contribution in [1.29, 1.82) is 0 Å². The van der Waals surface area contributed by atoms with E-state index in [1.54, 1.807) is 6.92 Å². The molecule has 11 heavy (non-hydrogen) atoms. The summed E-state index contributed by atoms with van der Waals surface area (Å²) in [6.07, 6.45) is -0.657. The molecular weight excluding hydrogens is 162 g/mol. The van der Waals surface area contributed by atoms with Gasteiger partial charge in [-0.1, -0.05) is 18.7 Å². The van der Waals surface area contributed by atoms with Gasteiger partial charge in [-0.2, -0.15) is 0 Å². The number of carbonyl (C=O) groups excluding carboxylic acids is 1. The second-order valence-corrected chi connectivity index (χ2v) is 4.20. The fraction of sp³-hybridized carbons (Fsp3) is 0.857. The number of aliphatic hydroxyl groups excluding tert-OH is 1. The number of amides is 1. The number of thioether (sulfide) groups is 1. The smallest absolute Gasteiger partial charge is 0.284 e. The fourth-order valence-electron chi connectivity index (χ4n) is 1.20. The third kappa shape index (κ3) is 1.51. The van der Waals surface area contributed by atoms with Crippen LogP contribution in [0, 0.1) is 0 Å². The molecule has 0 aromatic carbocycles. The minimum absolute atomic E-state index is 0.0139. The molecule has 64 valence electrons. The van der Waals surface area contributed by atoms with E-state index in [-0.39, 0.29) is 16.5 Å². The summed E-state index contributed by atoms with van der Waals surface area (Å²) >= 11 is 1.29. The Labute approximate surface area is 70.8 Å². The molecule has 3 atom stereocenters. The first-order valence-corrected chi connectivity index (χ1v) is 4.59. The second-order valence-electron chi connectivity index (χ2n) is 2.87. The van der Waals surface area contributed by atoms with Crippen LogP contribution in [0.15, 0.2) is 0 Å². The molecule has 1 rings (SSSR count). The Morgan fingerprint density at radius 2 is 2.18 bits per heavy atom. The lowest BCUT2D eigenvalue weighted by molar-refractivity contribution is 0.0378. The highest BCUT2D eigenvalue weighted by atomic mass is 32.2. The van der Waals surface area contributed by atoms with Gasteiger partial charge in [-0.05, 0) is 13.8 Å². The lowest BCUT2D eigenvalue weighted by Gasteiger charge is -2.24. The molecule has 0 spiro atoms. The van der Waals surface area contributed by atoms with Crippen molar-refractivity contribution in [2.24, 2.45) is 0 Å². The molecular formula is C7H13NO2S. The van der Waals surface area contributed by atoms with E-state index in [9.17, 15) is 9.90 Å². The van der Waals surface area contributed by atoms with Crippen LogP contribution in [-0.2, 0) is 0 Å². The van der Waals surface area contributed by atoms with Crippen LogP contribution in [0.5, 0.6) is 0 Å². The molecule has 1 aliphatic heterocycles. The molecule has 1 aliphatic rings. The minimum Gasteiger partial charge on any atom is -0.374 e. The van der Waals surface area contributed by atoms with Crippen molar-refractivity contribution in [1.82, 2.24) is 4.90 Å². The molecule has 1 heterocycles. The van der Waals surface area contributed by atoms with Crippen molar-refractivity contribution in [3.05, 3.63) is 0 Å². The van der Waals surface area contributed by atoms with Crippen LogP contribution >= 0.6 is 11.8 Å². The fourth-order valence-corrected chi connectivity index (χ4v) is 2.29. The molecule has 1 amide bonds. The Bertz CT molecular complexity index is 172. The van der Waals surface area contributed by atoms with Crippen molar-refractivity contribution in [3.63, 3.8) is 0 Å². The average molecular weight is 175 g/mol. The van der Waals surface area contributed by atoms with Crippen LogP contribution in [0.4, 0.5) is 4.79 Å². The van der Waals surface area contributed by atoms with Crippen LogP contribution in [0.25, 0.3) is 0 Å². The standard InChI is InChI=1S/C7H13NO2S/c1-4-5(2)11-7(10)8(4)6(3)9/h4-6,9H,1-3H3. The number of rotatable bonds is 1. The summed E-state index contributed by atoms with van der Waals surface area (Å²) in [6.45, 7) is 5.57. The second kappa shape index (κ2) is 3.03. The summed E-state index contributed by atoms with van der Waals surface area (Å²) in [6, 6.07) is 0.146.